The Kier molecular flexibility index (Phi) is 7.43. The van der Waals surface area contributed by atoms with Crippen LogP contribution >= 0.6 is 0 Å². The van der Waals surface area contributed by atoms with E-state index in [0.717, 1.165) is 10.5 Å². The van der Waals surface area contributed by atoms with E-state index in [-0.39, 0.29) is 37.4 Å². The number of rotatable bonds is 9. The van der Waals surface area contributed by atoms with Crippen molar-refractivity contribution < 1.29 is 23.2 Å². The number of para-hydroxylation sites is 1. The van der Waals surface area contributed by atoms with E-state index in [9.17, 15) is 14.0 Å². The summed E-state index contributed by atoms with van der Waals surface area (Å²) in [6, 6.07) is 16.9. The highest BCUT2D eigenvalue weighted by molar-refractivity contribution is 5.95. The number of esters is 1. The summed E-state index contributed by atoms with van der Waals surface area (Å²) >= 11 is 0. The zero-order valence-corrected chi connectivity index (χ0v) is 16.5. The van der Waals surface area contributed by atoms with Crippen LogP contribution in [0.5, 0.6) is 0 Å². The SMILES string of the molecule is N#CCCN(C(=O)COC(=O)CCc1nc(-c2ccccc2)no1)c1ccccc1F. The number of halogens is 1. The van der Waals surface area contributed by atoms with Gasteiger partial charge in [-0.3, -0.25) is 9.59 Å². The first kappa shape index (κ1) is 21.6. The molecule has 0 fully saturated rings. The molecule has 0 radical (unpaired) electrons. The van der Waals surface area contributed by atoms with E-state index in [1.54, 1.807) is 6.07 Å². The quantitative estimate of drug-likeness (QED) is 0.487. The van der Waals surface area contributed by atoms with Crippen molar-refractivity contribution in [1.82, 2.24) is 10.1 Å². The summed E-state index contributed by atoms with van der Waals surface area (Å²) in [6.07, 6.45) is 0.0921. The number of benzene rings is 2. The van der Waals surface area contributed by atoms with E-state index < -0.39 is 24.3 Å². The smallest absolute Gasteiger partial charge is 0.306 e. The molecule has 0 N–H and O–H groups in total. The maximum atomic E-state index is 14.1. The molecule has 3 aromatic rings. The predicted molar refractivity (Wildman–Crippen MR) is 108 cm³/mol. The summed E-state index contributed by atoms with van der Waals surface area (Å²) in [5, 5.41) is 12.7. The molecule has 0 saturated heterocycles. The first-order chi connectivity index (χ1) is 15.1. The minimum atomic E-state index is -0.637. The number of nitriles is 1. The first-order valence-corrected chi connectivity index (χ1v) is 9.54. The van der Waals surface area contributed by atoms with E-state index >= 15 is 0 Å². The number of hydrogen-bond acceptors (Lipinski definition) is 7. The Morgan fingerprint density at radius 3 is 2.61 bits per heavy atom. The van der Waals surface area contributed by atoms with Crippen molar-refractivity contribution in [3.63, 3.8) is 0 Å². The van der Waals surface area contributed by atoms with E-state index in [0.29, 0.717) is 5.82 Å². The Balaban J connectivity index is 1.52. The number of ether oxygens (including phenoxy) is 1. The molecule has 1 aromatic heterocycles. The van der Waals surface area contributed by atoms with Crippen LogP contribution in [0.3, 0.4) is 0 Å². The van der Waals surface area contributed by atoms with Crippen molar-refractivity contribution in [2.45, 2.75) is 19.3 Å². The van der Waals surface area contributed by atoms with Crippen molar-refractivity contribution in [3.05, 3.63) is 66.3 Å². The highest BCUT2D eigenvalue weighted by atomic mass is 19.1. The third kappa shape index (κ3) is 5.96. The molecule has 0 spiro atoms. The van der Waals surface area contributed by atoms with Gasteiger partial charge in [-0.15, -0.1) is 0 Å². The van der Waals surface area contributed by atoms with Gasteiger partial charge in [0.25, 0.3) is 5.91 Å². The summed E-state index contributed by atoms with van der Waals surface area (Å²) in [6.45, 7) is -0.588. The Hall–Kier alpha value is -4.06. The zero-order valence-electron chi connectivity index (χ0n) is 16.5. The van der Waals surface area contributed by atoms with Crippen LogP contribution in [0.15, 0.2) is 59.1 Å². The standard InChI is InChI=1S/C22H19FN4O4/c23-17-9-4-5-10-18(17)27(14-6-13-24)20(28)15-30-21(29)12-11-19-25-22(26-31-19)16-7-2-1-3-8-16/h1-5,7-10H,6,11-12,14-15H2. The molecule has 8 nitrogen and oxygen atoms in total. The number of aryl methyl sites for hydroxylation is 1. The lowest BCUT2D eigenvalue weighted by molar-refractivity contribution is -0.147. The van der Waals surface area contributed by atoms with Gasteiger partial charge in [-0.25, -0.2) is 4.39 Å². The molecule has 0 saturated carbocycles. The lowest BCUT2D eigenvalue weighted by atomic mass is 10.2. The average molecular weight is 422 g/mol. The maximum absolute atomic E-state index is 14.1. The molecule has 31 heavy (non-hydrogen) atoms. The van der Waals surface area contributed by atoms with Crippen LogP contribution < -0.4 is 4.90 Å². The second-order valence-electron chi connectivity index (χ2n) is 6.44. The largest absolute Gasteiger partial charge is 0.456 e. The molecule has 0 aliphatic rings. The van der Waals surface area contributed by atoms with Crippen LogP contribution in [0.1, 0.15) is 18.7 Å². The molecular weight excluding hydrogens is 403 g/mol. The van der Waals surface area contributed by atoms with Crippen molar-refractivity contribution in [2.75, 3.05) is 18.1 Å². The monoisotopic (exact) mass is 422 g/mol. The average Bonchev–Trinajstić information content (AvgIpc) is 3.27. The Labute approximate surface area is 177 Å². The summed E-state index contributed by atoms with van der Waals surface area (Å²) < 4.78 is 24.2. The van der Waals surface area contributed by atoms with Gasteiger partial charge < -0.3 is 14.2 Å². The van der Waals surface area contributed by atoms with Gasteiger partial charge in [0.15, 0.2) is 6.61 Å². The zero-order chi connectivity index (χ0) is 22.1. The highest BCUT2D eigenvalue weighted by Gasteiger charge is 2.20. The third-order valence-corrected chi connectivity index (χ3v) is 4.29. The van der Waals surface area contributed by atoms with Crippen molar-refractivity contribution >= 4 is 17.6 Å². The molecule has 0 unspecified atom stereocenters. The van der Waals surface area contributed by atoms with Gasteiger partial charge in [0.05, 0.1) is 24.6 Å². The third-order valence-electron chi connectivity index (χ3n) is 4.29. The Bertz CT molecular complexity index is 1080. The summed E-state index contributed by atoms with van der Waals surface area (Å²) in [5.41, 5.74) is 0.814. The van der Waals surface area contributed by atoms with E-state index in [4.69, 9.17) is 14.5 Å². The van der Waals surface area contributed by atoms with Gasteiger partial charge in [0.2, 0.25) is 11.7 Å². The van der Waals surface area contributed by atoms with Crippen molar-refractivity contribution in [3.8, 4) is 17.5 Å². The highest BCUT2D eigenvalue weighted by Crippen LogP contribution is 2.19. The second kappa shape index (κ2) is 10.6. The fourth-order valence-corrected chi connectivity index (χ4v) is 2.77. The van der Waals surface area contributed by atoms with Crippen molar-refractivity contribution in [1.29, 1.82) is 5.26 Å². The number of anilines is 1. The summed E-state index contributed by atoms with van der Waals surface area (Å²) in [7, 11) is 0. The molecule has 9 heteroatoms. The number of hydrogen-bond donors (Lipinski definition) is 0. The molecule has 158 valence electrons. The molecule has 1 amide bonds. The topological polar surface area (TPSA) is 109 Å². The van der Waals surface area contributed by atoms with E-state index in [2.05, 4.69) is 10.1 Å². The summed E-state index contributed by atoms with van der Waals surface area (Å²) in [5.74, 6) is -1.19. The molecule has 0 atom stereocenters. The molecule has 0 bridgehead atoms. The van der Waals surface area contributed by atoms with Crippen LogP contribution in [0, 0.1) is 17.1 Å². The number of carbonyl (C=O) groups excluding carboxylic acids is 2. The fourth-order valence-electron chi connectivity index (χ4n) is 2.77. The minimum Gasteiger partial charge on any atom is -0.456 e. The predicted octanol–water partition coefficient (Wildman–Crippen LogP) is 3.30. The van der Waals surface area contributed by atoms with Gasteiger partial charge in [-0.2, -0.15) is 10.2 Å². The van der Waals surface area contributed by atoms with Gasteiger partial charge >= 0.3 is 5.97 Å². The summed E-state index contributed by atoms with van der Waals surface area (Å²) in [4.78, 5) is 29.8. The normalized spacial score (nSPS) is 10.3. The molecule has 2 aromatic carbocycles. The molecule has 0 aliphatic carbocycles. The lowest BCUT2D eigenvalue weighted by Gasteiger charge is -2.22. The molecular formula is C22H19FN4O4. The van der Waals surface area contributed by atoms with Crippen LogP contribution in [0.2, 0.25) is 0 Å². The van der Waals surface area contributed by atoms with Crippen LogP contribution in [0.25, 0.3) is 11.4 Å². The second-order valence-corrected chi connectivity index (χ2v) is 6.44. The van der Waals surface area contributed by atoms with Gasteiger partial charge in [0.1, 0.15) is 5.82 Å². The number of aromatic nitrogens is 2. The van der Waals surface area contributed by atoms with Gasteiger partial charge in [0, 0.05) is 18.5 Å². The Morgan fingerprint density at radius 1 is 1.13 bits per heavy atom. The fraction of sp³-hybridized carbons (Fsp3) is 0.227. The van der Waals surface area contributed by atoms with Crippen LogP contribution in [-0.4, -0.2) is 35.2 Å². The van der Waals surface area contributed by atoms with Gasteiger partial charge in [-0.05, 0) is 12.1 Å². The first-order valence-electron chi connectivity index (χ1n) is 9.54. The molecule has 1 heterocycles. The Morgan fingerprint density at radius 2 is 1.87 bits per heavy atom. The maximum Gasteiger partial charge on any atom is 0.306 e. The van der Waals surface area contributed by atoms with E-state index in [1.807, 2.05) is 36.4 Å². The molecule has 0 aliphatic heterocycles. The molecule has 3 rings (SSSR count). The van der Waals surface area contributed by atoms with Crippen LogP contribution in [0.4, 0.5) is 10.1 Å². The van der Waals surface area contributed by atoms with Crippen LogP contribution in [-0.2, 0) is 20.7 Å². The lowest BCUT2D eigenvalue weighted by Crippen LogP contribution is -2.36. The number of carbonyl (C=O) groups is 2. The van der Waals surface area contributed by atoms with Crippen molar-refractivity contribution in [2.24, 2.45) is 0 Å². The minimum absolute atomic E-state index is 0.00886. The van der Waals surface area contributed by atoms with Gasteiger partial charge in [-0.1, -0.05) is 47.6 Å². The number of amides is 1. The number of nitrogens with zero attached hydrogens (tertiary/aromatic N) is 4. The van der Waals surface area contributed by atoms with E-state index in [1.165, 1.54) is 18.2 Å².